The summed E-state index contributed by atoms with van der Waals surface area (Å²) in [6.45, 7) is 1.82. The van der Waals surface area contributed by atoms with Crippen molar-refractivity contribution in [3.63, 3.8) is 0 Å². The molecule has 0 atom stereocenters. The number of rotatable bonds is 6. The number of carbonyl (C=O) groups excluding carboxylic acids is 1. The van der Waals surface area contributed by atoms with E-state index < -0.39 is 11.7 Å². The van der Waals surface area contributed by atoms with Crippen molar-refractivity contribution < 1.29 is 9.18 Å². The molecule has 0 unspecified atom stereocenters. The molecule has 4 N–H and O–H groups in total. The van der Waals surface area contributed by atoms with E-state index in [2.05, 4.69) is 27.8 Å². The standard InChI is InChI=1S/C33H26FN7O/c34-27-11-9-21(18-26(27)24-5-1-2-6-25(24)32(35)42)31-30(29-7-3-4-16-41(29)40-31)28-13-15-37-33(39-28)38-23-10-8-20-12-14-36-19-22(20)17-23/h1-11,13,15-18,36H,12,14,19H2,(H2,35,42)(H,37,38,39). The molecule has 4 heterocycles. The van der Waals surface area contributed by atoms with Crippen molar-refractivity contribution in [2.45, 2.75) is 13.0 Å². The molecule has 1 aliphatic rings. The largest absolute Gasteiger partial charge is 0.366 e. The molecule has 3 aromatic carbocycles. The number of amides is 1. The van der Waals surface area contributed by atoms with Crippen LogP contribution in [0.2, 0.25) is 0 Å². The first-order chi connectivity index (χ1) is 20.5. The summed E-state index contributed by atoms with van der Waals surface area (Å²) in [5.41, 5.74) is 13.6. The summed E-state index contributed by atoms with van der Waals surface area (Å²) in [6.07, 6.45) is 4.58. The van der Waals surface area contributed by atoms with Gasteiger partial charge in [0.15, 0.2) is 0 Å². The Morgan fingerprint density at radius 2 is 1.83 bits per heavy atom. The second kappa shape index (κ2) is 10.5. The predicted octanol–water partition coefficient (Wildman–Crippen LogP) is 5.75. The Morgan fingerprint density at radius 3 is 2.74 bits per heavy atom. The average molecular weight is 556 g/mol. The lowest BCUT2D eigenvalue weighted by molar-refractivity contribution is 0.100. The summed E-state index contributed by atoms with van der Waals surface area (Å²) < 4.78 is 17.0. The van der Waals surface area contributed by atoms with Gasteiger partial charge < -0.3 is 16.4 Å². The molecule has 0 aliphatic carbocycles. The van der Waals surface area contributed by atoms with Crippen LogP contribution in [0.15, 0.2) is 97.3 Å². The average Bonchev–Trinajstić information content (AvgIpc) is 3.41. The lowest BCUT2D eigenvalue weighted by atomic mass is 9.95. The topological polar surface area (TPSA) is 110 Å². The number of nitrogens with one attached hydrogen (secondary N) is 2. The molecule has 7 rings (SSSR count). The van der Waals surface area contributed by atoms with Crippen LogP contribution < -0.4 is 16.4 Å². The molecule has 8 nitrogen and oxygen atoms in total. The number of hydrogen-bond acceptors (Lipinski definition) is 6. The summed E-state index contributed by atoms with van der Waals surface area (Å²) in [5, 5.41) is 11.6. The van der Waals surface area contributed by atoms with E-state index in [4.69, 9.17) is 15.8 Å². The maximum atomic E-state index is 15.2. The number of primary amides is 1. The van der Waals surface area contributed by atoms with E-state index in [1.165, 1.54) is 17.2 Å². The molecule has 9 heteroatoms. The Bertz CT molecular complexity index is 1980. The zero-order valence-corrected chi connectivity index (χ0v) is 22.5. The Morgan fingerprint density at radius 1 is 0.952 bits per heavy atom. The van der Waals surface area contributed by atoms with Crippen LogP contribution in [-0.2, 0) is 13.0 Å². The molecule has 1 aliphatic heterocycles. The molecule has 0 radical (unpaired) electrons. The van der Waals surface area contributed by atoms with Gasteiger partial charge in [0.05, 0.1) is 16.8 Å². The van der Waals surface area contributed by atoms with Crippen molar-refractivity contribution in [2.75, 3.05) is 11.9 Å². The van der Waals surface area contributed by atoms with E-state index in [1.807, 2.05) is 36.5 Å². The molecule has 3 aromatic heterocycles. The fourth-order valence-corrected chi connectivity index (χ4v) is 5.51. The second-order valence-electron chi connectivity index (χ2n) is 10.2. The molecule has 0 saturated heterocycles. The number of benzene rings is 3. The molecular formula is C33H26FN7O. The highest BCUT2D eigenvalue weighted by molar-refractivity contribution is 6.00. The predicted molar refractivity (Wildman–Crippen MR) is 161 cm³/mol. The van der Waals surface area contributed by atoms with Gasteiger partial charge in [-0.2, -0.15) is 5.10 Å². The van der Waals surface area contributed by atoms with Crippen LogP contribution in [0, 0.1) is 5.82 Å². The first-order valence-electron chi connectivity index (χ1n) is 13.6. The van der Waals surface area contributed by atoms with Gasteiger partial charge in [0.25, 0.3) is 0 Å². The van der Waals surface area contributed by atoms with E-state index >= 15 is 4.39 Å². The summed E-state index contributed by atoms with van der Waals surface area (Å²) in [6, 6.07) is 25.4. The number of fused-ring (bicyclic) bond motifs is 2. The van der Waals surface area contributed by atoms with E-state index in [0.717, 1.165) is 36.3 Å². The van der Waals surface area contributed by atoms with Gasteiger partial charge >= 0.3 is 0 Å². The van der Waals surface area contributed by atoms with Crippen molar-refractivity contribution in [3.8, 4) is 33.6 Å². The lowest BCUT2D eigenvalue weighted by Crippen LogP contribution is -2.23. The van der Waals surface area contributed by atoms with Gasteiger partial charge in [0.1, 0.15) is 11.5 Å². The van der Waals surface area contributed by atoms with Crippen molar-refractivity contribution in [3.05, 3.63) is 120 Å². The number of nitrogens with zero attached hydrogens (tertiary/aromatic N) is 4. The van der Waals surface area contributed by atoms with Gasteiger partial charge in [-0.3, -0.25) is 4.79 Å². The van der Waals surface area contributed by atoms with E-state index in [1.54, 1.807) is 47.1 Å². The SMILES string of the molecule is NC(=O)c1ccccc1-c1cc(-c2nn3ccccc3c2-c2ccnc(Nc3ccc4c(c3)CNCC4)n2)ccc1F. The highest BCUT2D eigenvalue weighted by Gasteiger charge is 2.21. The quantitative estimate of drug-likeness (QED) is 0.241. The number of pyridine rings is 1. The molecule has 0 spiro atoms. The van der Waals surface area contributed by atoms with Crippen LogP contribution in [-0.4, -0.2) is 32.0 Å². The van der Waals surface area contributed by atoms with Crippen molar-refractivity contribution in [2.24, 2.45) is 5.73 Å². The van der Waals surface area contributed by atoms with Crippen LogP contribution in [0.3, 0.4) is 0 Å². The minimum atomic E-state index is -0.625. The Labute approximate surface area is 241 Å². The normalized spacial score (nSPS) is 12.7. The fraction of sp³-hybridized carbons (Fsp3) is 0.0909. The maximum Gasteiger partial charge on any atom is 0.249 e. The van der Waals surface area contributed by atoms with E-state index in [-0.39, 0.29) is 11.1 Å². The second-order valence-corrected chi connectivity index (χ2v) is 10.2. The zero-order chi connectivity index (χ0) is 28.6. The van der Waals surface area contributed by atoms with Crippen molar-refractivity contribution in [1.82, 2.24) is 24.9 Å². The van der Waals surface area contributed by atoms with Crippen LogP contribution in [0.1, 0.15) is 21.5 Å². The van der Waals surface area contributed by atoms with Crippen molar-refractivity contribution >= 4 is 23.1 Å². The molecule has 0 fully saturated rings. The van der Waals surface area contributed by atoms with E-state index in [0.29, 0.717) is 28.5 Å². The number of aromatic nitrogens is 4. The summed E-state index contributed by atoms with van der Waals surface area (Å²) in [5.74, 6) is -0.640. The number of nitrogens with two attached hydrogens (primary N) is 1. The van der Waals surface area contributed by atoms with Crippen LogP contribution >= 0.6 is 0 Å². The minimum absolute atomic E-state index is 0.244. The molecule has 6 aromatic rings. The van der Waals surface area contributed by atoms with Gasteiger partial charge in [-0.05, 0) is 84.3 Å². The monoisotopic (exact) mass is 555 g/mol. The third kappa shape index (κ3) is 4.65. The number of hydrogen-bond donors (Lipinski definition) is 3. The Kier molecular flexibility index (Phi) is 6.41. The number of anilines is 2. The van der Waals surface area contributed by atoms with Gasteiger partial charge in [0, 0.05) is 41.3 Å². The molecule has 206 valence electrons. The molecule has 0 saturated carbocycles. The minimum Gasteiger partial charge on any atom is -0.366 e. The number of carbonyl (C=O) groups is 1. The van der Waals surface area contributed by atoms with Crippen LogP contribution in [0.4, 0.5) is 16.0 Å². The number of halogens is 1. The first-order valence-corrected chi connectivity index (χ1v) is 13.6. The Balaban J connectivity index is 1.33. The zero-order valence-electron chi connectivity index (χ0n) is 22.5. The summed E-state index contributed by atoms with van der Waals surface area (Å²) in [4.78, 5) is 21.5. The lowest BCUT2D eigenvalue weighted by Gasteiger charge is -2.18. The van der Waals surface area contributed by atoms with Crippen LogP contribution in [0.5, 0.6) is 0 Å². The molecule has 0 bridgehead atoms. The summed E-state index contributed by atoms with van der Waals surface area (Å²) >= 11 is 0. The molecular weight excluding hydrogens is 529 g/mol. The van der Waals surface area contributed by atoms with Gasteiger partial charge in [-0.25, -0.2) is 18.9 Å². The molecule has 42 heavy (non-hydrogen) atoms. The van der Waals surface area contributed by atoms with Gasteiger partial charge in [0.2, 0.25) is 11.9 Å². The smallest absolute Gasteiger partial charge is 0.249 e. The van der Waals surface area contributed by atoms with Crippen LogP contribution in [0.25, 0.3) is 39.2 Å². The third-order valence-electron chi connectivity index (χ3n) is 7.52. The highest BCUT2D eigenvalue weighted by Crippen LogP contribution is 2.37. The first kappa shape index (κ1) is 25.6. The van der Waals surface area contributed by atoms with Gasteiger partial charge in [-0.1, -0.05) is 30.3 Å². The van der Waals surface area contributed by atoms with Gasteiger partial charge in [-0.15, -0.1) is 0 Å². The highest BCUT2D eigenvalue weighted by atomic mass is 19.1. The molecule has 1 amide bonds. The maximum absolute atomic E-state index is 15.2. The Hall–Kier alpha value is -5.41. The fourth-order valence-electron chi connectivity index (χ4n) is 5.51. The third-order valence-corrected chi connectivity index (χ3v) is 7.52. The van der Waals surface area contributed by atoms with E-state index in [9.17, 15) is 4.79 Å². The van der Waals surface area contributed by atoms with Crippen molar-refractivity contribution in [1.29, 1.82) is 0 Å². The summed E-state index contributed by atoms with van der Waals surface area (Å²) in [7, 11) is 0.